The van der Waals surface area contributed by atoms with Crippen LogP contribution in [0, 0.1) is 0 Å². The average molecular weight is 127 g/mol. The second-order valence-corrected chi connectivity index (χ2v) is 1.71. The molecule has 3 N–H and O–H groups in total. The van der Waals surface area contributed by atoms with Gasteiger partial charge in [-0.1, -0.05) is 0 Å². The van der Waals surface area contributed by atoms with E-state index in [1.54, 1.807) is 0 Å². The largest absolute Gasteiger partial charge is 0.344 e. The van der Waals surface area contributed by atoms with Crippen LogP contribution in [0.5, 0.6) is 0 Å². The molecule has 50 valence electrons. The summed E-state index contributed by atoms with van der Waals surface area (Å²) in [4.78, 5) is 0. The molecule has 2 atom stereocenters. The van der Waals surface area contributed by atoms with E-state index < -0.39 is 18.5 Å². The van der Waals surface area contributed by atoms with E-state index >= 15 is 0 Å². The summed E-state index contributed by atoms with van der Waals surface area (Å²) in [5.74, 6) is 0. The normalized spacial score (nSPS) is 44.6. The lowest BCUT2D eigenvalue weighted by molar-refractivity contribution is -0.0191. The highest BCUT2D eigenvalue weighted by Gasteiger charge is 2.42. The van der Waals surface area contributed by atoms with Gasteiger partial charge in [-0.05, 0) is 0 Å². The van der Waals surface area contributed by atoms with E-state index in [9.17, 15) is 13.2 Å². The maximum absolute atomic E-state index is 11.6. The van der Waals surface area contributed by atoms with Crippen LogP contribution in [-0.2, 0) is 0 Å². The van der Waals surface area contributed by atoms with Crippen molar-refractivity contribution in [1.82, 2.24) is 6.15 Å². The van der Waals surface area contributed by atoms with E-state index in [0.29, 0.717) is 0 Å². The smallest absolute Gasteiger partial charge is 0.162 e. The zero-order valence-electron chi connectivity index (χ0n) is 4.28. The lowest BCUT2D eigenvalue weighted by Gasteiger charge is -2.27. The lowest BCUT2D eigenvalue weighted by Crippen LogP contribution is -2.41. The van der Waals surface area contributed by atoms with Crippen LogP contribution in [0.15, 0.2) is 0 Å². The second kappa shape index (κ2) is 2.35. The molecule has 1 aliphatic carbocycles. The predicted octanol–water partition coefficient (Wildman–Crippen LogP) is 1.57. The molecule has 2 unspecified atom stereocenters. The molecule has 0 saturated heterocycles. The van der Waals surface area contributed by atoms with Crippen LogP contribution in [0.3, 0.4) is 0 Å². The maximum Gasteiger partial charge on any atom is 0.162 e. The zero-order chi connectivity index (χ0) is 5.44. The molecule has 1 aliphatic rings. The molecule has 0 aromatic carbocycles. The fourth-order valence-electron chi connectivity index (χ4n) is 0.506. The van der Waals surface area contributed by atoms with Crippen LogP contribution in [0.1, 0.15) is 6.42 Å². The molecule has 0 spiro atoms. The number of hydrogen-bond donors (Lipinski definition) is 1. The predicted molar refractivity (Wildman–Crippen MR) is 24.3 cm³/mol. The molecule has 1 saturated carbocycles. The molecule has 1 fully saturated rings. The van der Waals surface area contributed by atoms with E-state index in [0.717, 1.165) is 0 Å². The summed E-state index contributed by atoms with van der Waals surface area (Å²) in [6.45, 7) is 0. The Labute approximate surface area is 45.5 Å². The third-order valence-electron chi connectivity index (χ3n) is 1.14. The molecule has 1 rings (SSSR count). The molecule has 0 aromatic heterocycles. The molecule has 1 nitrogen and oxygen atoms in total. The Morgan fingerprint density at radius 3 is 1.38 bits per heavy atom. The fraction of sp³-hybridized carbons (Fsp3) is 1.00. The van der Waals surface area contributed by atoms with Crippen LogP contribution in [0.2, 0.25) is 0 Å². The molecular weight excluding hydrogens is 119 g/mol. The quantitative estimate of drug-likeness (QED) is 0.526. The van der Waals surface area contributed by atoms with Gasteiger partial charge in [-0.3, -0.25) is 0 Å². The van der Waals surface area contributed by atoms with Gasteiger partial charge >= 0.3 is 0 Å². The van der Waals surface area contributed by atoms with Gasteiger partial charge in [-0.25, -0.2) is 13.2 Å². The second-order valence-electron chi connectivity index (χ2n) is 1.71. The summed E-state index contributed by atoms with van der Waals surface area (Å²) in [7, 11) is 0. The first-order valence-electron chi connectivity index (χ1n) is 2.14. The lowest BCUT2D eigenvalue weighted by atomic mass is 9.93. The Hall–Kier alpha value is -0.250. The number of hydrogen-bond acceptors (Lipinski definition) is 1. The molecule has 0 aliphatic heterocycles. The van der Waals surface area contributed by atoms with Crippen molar-refractivity contribution in [1.29, 1.82) is 0 Å². The van der Waals surface area contributed by atoms with Crippen molar-refractivity contribution in [3.05, 3.63) is 0 Å². The van der Waals surface area contributed by atoms with Crippen LogP contribution >= 0.6 is 0 Å². The Balaban J connectivity index is 0.000000490. The zero-order valence-corrected chi connectivity index (χ0v) is 4.28. The van der Waals surface area contributed by atoms with Crippen molar-refractivity contribution in [2.45, 2.75) is 24.9 Å². The number of halogens is 3. The van der Waals surface area contributed by atoms with Crippen LogP contribution in [0.25, 0.3) is 0 Å². The van der Waals surface area contributed by atoms with Gasteiger partial charge in [-0.2, -0.15) is 0 Å². The average Bonchev–Trinajstić information content (AvgIpc) is 1.68. The van der Waals surface area contributed by atoms with E-state index in [-0.39, 0.29) is 12.6 Å². The summed E-state index contributed by atoms with van der Waals surface area (Å²) in [5, 5.41) is 0. The van der Waals surface area contributed by atoms with Crippen molar-refractivity contribution >= 4 is 0 Å². The monoisotopic (exact) mass is 127 g/mol. The van der Waals surface area contributed by atoms with Gasteiger partial charge < -0.3 is 6.15 Å². The highest BCUT2D eigenvalue weighted by molar-refractivity contribution is 4.89. The molecule has 0 heterocycles. The third kappa shape index (κ3) is 0.940. The molecule has 0 radical (unpaired) electrons. The van der Waals surface area contributed by atoms with Crippen LogP contribution in [-0.4, -0.2) is 18.5 Å². The van der Waals surface area contributed by atoms with Gasteiger partial charge in [0.25, 0.3) is 0 Å². The summed E-state index contributed by atoms with van der Waals surface area (Å²) in [5.41, 5.74) is 0. The van der Waals surface area contributed by atoms with Gasteiger partial charge in [0, 0.05) is 6.42 Å². The molecule has 0 bridgehead atoms. The van der Waals surface area contributed by atoms with Crippen LogP contribution < -0.4 is 6.15 Å². The van der Waals surface area contributed by atoms with Crippen molar-refractivity contribution < 1.29 is 13.2 Å². The summed E-state index contributed by atoms with van der Waals surface area (Å²) < 4.78 is 34.6. The first-order valence-corrected chi connectivity index (χ1v) is 2.14. The van der Waals surface area contributed by atoms with Gasteiger partial charge in [-0.15, -0.1) is 0 Å². The van der Waals surface area contributed by atoms with Crippen molar-refractivity contribution in [2.75, 3.05) is 0 Å². The molecule has 0 aromatic rings. The molecular formula is C4H8F3N. The topological polar surface area (TPSA) is 35.0 Å². The molecule has 4 heteroatoms. The van der Waals surface area contributed by atoms with E-state index in [2.05, 4.69) is 0 Å². The van der Waals surface area contributed by atoms with Crippen molar-refractivity contribution in [2.24, 2.45) is 0 Å². The summed E-state index contributed by atoms with van der Waals surface area (Å²) >= 11 is 0. The minimum absolute atomic E-state index is 0. The van der Waals surface area contributed by atoms with Gasteiger partial charge in [0.15, 0.2) is 6.17 Å². The van der Waals surface area contributed by atoms with E-state index in [1.807, 2.05) is 0 Å². The minimum atomic E-state index is -1.83. The number of alkyl halides is 3. The Kier molecular flexibility index (Phi) is 2.27. The van der Waals surface area contributed by atoms with Crippen LogP contribution in [0.4, 0.5) is 13.2 Å². The standard InChI is InChI=1S/C4H5F3.H3N/c5-2-1-3(6)4(2)7;/h2-4H,1H2;1H3. The van der Waals surface area contributed by atoms with Gasteiger partial charge in [0.1, 0.15) is 12.3 Å². The molecule has 8 heavy (non-hydrogen) atoms. The van der Waals surface area contributed by atoms with Crippen molar-refractivity contribution in [3.63, 3.8) is 0 Å². The Morgan fingerprint density at radius 2 is 1.38 bits per heavy atom. The van der Waals surface area contributed by atoms with Crippen molar-refractivity contribution in [3.8, 4) is 0 Å². The van der Waals surface area contributed by atoms with Gasteiger partial charge in [0.2, 0.25) is 0 Å². The summed E-state index contributed by atoms with van der Waals surface area (Å²) in [6, 6.07) is 0. The fourth-order valence-corrected chi connectivity index (χ4v) is 0.506. The van der Waals surface area contributed by atoms with Gasteiger partial charge in [0.05, 0.1) is 0 Å². The SMILES string of the molecule is FC1CC(F)C1F.N. The highest BCUT2D eigenvalue weighted by atomic mass is 19.2. The Bertz CT molecular complexity index is 69.7. The number of rotatable bonds is 0. The van der Waals surface area contributed by atoms with E-state index in [4.69, 9.17) is 0 Å². The van der Waals surface area contributed by atoms with E-state index in [1.165, 1.54) is 0 Å². The maximum atomic E-state index is 11.6. The minimum Gasteiger partial charge on any atom is -0.344 e. The summed E-state index contributed by atoms with van der Waals surface area (Å²) in [6.07, 6.45) is -5.15. The first kappa shape index (κ1) is 7.75. The first-order chi connectivity index (χ1) is 3.22. The highest BCUT2D eigenvalue weighted by Crippen LogP contribution is 2.29. The Morgan fingerprint density at radius 1 is 1.00 bits per heavy atom. The third-order valence-corrected chi connectivity index (χ3v) is 1.14. The molecule has 0 amide bonds.